The number of nitrogens with one attached hydrogen (secondary N) is 1. The minimum atomic E-state index is -0.104. The van der Waals surface area contributed by atoms with Crippen molar-refractivity contribution >= 4 is 5.91 Å². The highest BCUT2D eigenvalue weighted by molar-refractivity contribution is 5.81. The topological polar surface area (TPSA) is 32.3 Å². The number of hydrogen-bond acceptors (Lipinski definition) is 2. The molecule has 1 fully saturated rings. The molecular weight excluding hydrogens is 248 g/mol. The lowest BCUT2D eigenvalue weighted by Crippen LogP contribution is -2.46. The van der Waals surface area contributed by atoms with Crippen LogP contribution in [0.3, 0.4) is 0 Å². The van der Waals surface area contributed by atoms with Gasteiger partial charge < -0.3 is 10.2 Å². The first-order valence-electron chi connectivity index (χ1n) is 7.67. The fourth-order valence-electron chi connectivity index (χ4n) is 2.74. The third-order valence-corrected chi connectivity index (χ3v) is 4.35. The van der Waals surface area contributed by atoms with Gasteiger partial charge in [-0.25, -0.2) is 0 Å². The molecule has 1 amide bonds. The Kier molecular flexibility index (Phi) is 5.18. The van der Waals surface area contributed by atoms with Crippen LogP contribution in [-0.2, 0) is 11.3 Å². The molecule has 0 bridgehead atoms. The fourth-order valence-corrected chi connectivity index (χ4v) is 2.74. The van der Waals surface area contributed by atoms with E-state index >= 15 is 0 Å². The molecule has 0 saturated carbocycles. The Morgan fingerprint density at radius 3 is 2.65 bits per heavy atom. The van der Waals surface area contributed by atoms with E-state index in [1.165, 1.54) is 23.1 Å². The minimum absolute atomic E-state index is 0.104. The third kappa shape index (κ3) is 3.60. The molecular formula is C17H26N2O. The van der Waals surface area contributed by atoms with Crippen LogP contribution in [0.25, 0.3) is 0 Å². The van der Waals surface area contributed by atoms with Crippen LogP contribution >= 0.6 is 0 Å². The number of hydrogen-bond donors (Lipinski definition) is 1. The second-order valence-corrected chi connectivity index (χ2v) is 5.85. The maximum Gasteiger partial charge on any atom is 0.239 e. The predicted octanol–water partition coefficient (Wildman–Crippen LogP) is 2.79. The van der Waals surface area contributed by atoms with Crippen LogP contribution in [0.1, 0.15) is 42.9 Å². The van der Waals surface area contributed by atoms with Gasteiger partial charge in [0.2, 0.25) is 5.91 Å². The second-order valence-electron chi connectivity index (χ2n) is 5.85. The Morgan fingerprint density at radius 2 is 1.95 bits per heavy atom. The highest BCUT2D eigenvalue weighted by atomic mass is 16.2. The van der Waals surface area contributed by atoms with E-state index in [1.807, 2.05) is 11.8 Å². The number of nitrogens with zero attached hydrogens (tertiary/aromatic N) is 1. The molecule has 0 aliphatic carbocycles. The standard InChI is InChI=1S/C17H26N2O/c1-13-8-7-9-16(14(13)2)12-18-15(3)17(20)19-10-5-4-6-11-19/h7-9,15,18H,4-6,10-12H2,1-3H3. The Morgan fingerprint density at radius 1 is 1.25 bits per heavy atom. The van der Waals surface area contributed by atoms with Crippen LogP contribution in [0.15, 0.2) is 18.2 Å². The molecule has 1 atom stereocenters. The SMILES string of the molecule is Cc1cccc(CNC(C)C(=O)N2CCCCC2)c1C. The maximum atomic E-state index is 12.3. The van der Waals surface area contributed by atoms with E-state index in [1.54, 1.807) is 0 Å². The summed E-state index contributed by atoms with van der Waals surface area (Å²) in [5.41, 5.74) is 3.90. The fraction of sp³-hybridized carbons (Fsp3) is 0.588. The van der Waals surface area contributed by atoms with Crippen molar-refractivity contribution in [2.24, 2.45) is 0 Å². The van der Waals surface area contributed by atoms with Crippen LogP contribution < -0.4 is 5.32 Å². The van der Waals surface area contributed by atoms with E-state index in [9.17, 15) is 4.79 Å². The summed E-state index contributed by atoms with van der Waals surface area (Å²) in [5, 5.41) is 3.37. The van der Waals surface area contributed by atoms with Gasteiger partial charge in [0.1, 0.15) is 0 Å². The second kappa shape index (κ2) is 6.89. The van der Waals surface area contributed by atoms with Crippen molar-refractivity contribution in [1.29, 1.82) is 0 Å². The monoisotopic (exact) mass is 274 g/mol. The van der Waals surface area contributed by atoms with Crippen LogP contribution in [0.5, 0.6) is 0 Å². The summed E-state index contributed by atoms with van der Waals surface area (Å²) in [7, 11) is 0. The Labute approximate surface area is 122 Å². The van der Waals surface area contributed by atoms with Gasteiger partial charge in [-0.1, -0.05) is 18.2 Å². The van der Waals surface area contributed by atoms with Gasteiger partial charge in [0.15, 0.2) is 0 Å². The van der Waals surface area contributed by atoms with E-state index in [2.05, 4.69) is 37.4 Å². The molecule has 1 aliphatic rings. The van der Waals surface area contributed by atoms with Crippen LogP contribution in [0.2, 0.25) is 0 Å². The maximum absolute atomic E-state index is 12.3. The minimum Gasteiger partial charge on any atom is -0.341 e. The van der Waals surface area contributed by atoms with Crippen molar-refractivity contribution in [1.82, 2.24) is 10.2 Å². The largest absolute Gasteiger partial charge is 0.341 e. The number of rotatable bonds is 4. The first-order chi connectivity index (χ1) is 9.59. The molecule has 0 aromatic heterocycles. The molecule has 3 nitrogen and oxygen atoms in total. The molecule has 1 saturated heterocycles. The lowest BCUT2D eigenvalue weighted by Gasteiger charge is -2.29. The summed E-state index contributed by atoms with van der Waals surface area (Å²) in [6.45, 7) is 8.85. The van der Waals surface area contributed by atoms with Crippen molar-refractivity contribution in [2.45, 2.75) is 52.6 Å². The number of benzene rings is 1. The van der Waals surface area contributed by atoms with Crippen LogP contribution in [0.4, 0.5) is 0 Å². The first kappa shape index (κ1) is 15.0. The Balaban J connectivity index is 1.89. The normalized spacial score (nSPS) is 17.1. The zero-order chi connectivity index (χ0) is 14.5. The van der Waals surface area contributed by atoms with Crippen molar-refractivity contribution in [3.63, 3.8) is 0 Å². The van der Waals surface area contributed by atoms with Gasteiger partial charge in [-0.3, -0.25) is 4.79 Å². The summed E-state index contributed by atoms with van der Waals surface area (Å²) >= 11 is 0. The number of carbonyl (C=O) groups is 1. The smallest absolute Gasteiger partial charge is 0.239 e. The summed E-state index contributed by atoms with van der Waals surface area (Å²) in [6.07, 6.45) is 3.55. The van der Waals surface area contributed by atoms with Crippen molar-refractivity contribution in [3.05, 3.63) is 34.9 Å². The summed E-state index contributed by atoms with van der Waals surface area (Å²) in [5.74, 6) is 0.245. The van der Waals surface area contributed by atoms with Crippen molar-refractivity contribution in [2.75, 3.05) is 13.1 Å². The molecule has 2 rings (SSSR count). The van der Waals surface area contributed by atoms with E-state index in [-0.39, 0.29) is 11.9 Å². The molecule has 1 aromatic carbocycles. The highest BCUT2D eigenvalue weighted by Gasteiger charge is 2.21. The molecule has 1 unspecified atom stereocenters. The Hall–Kier alpha value is -1.35. The van der Waals surface area contributed by atoms with Gasteiger partial charge in [-0.05, 0) is 56.7 Å². The number of amides is 1. The third-order valence-electron chi connectivity index (χ3n) is 4.35. The molecule has 1 aliphatic heterocycles. The van der Waals surface area contributed by atoms with Gasteiger partial charge in [-0.2, -0.15) is 0 Å². The van der Waals surface area contributed by atoms with Crippen LogP contribution in [-0.4, -0.2) is 29.9 Å². The molecule has 0 spiro atoms. The van der Waals surface area contributed by atoms with Crippen LogP contribution in [0, 0.1) is 13.8 Å². The molecule has 3 heteroatoms. The lowest BCUT2D eigenvalue weighted by atomic mass is 10.0. The number of carbonyl (C=O) groups excluding carboxylic acids is 1. The van der Waals surface area contributed by atoms with Crippen molar-refractivity contribution in [3.8, 4) is 0 Å². The van der Waals surface area contributed by atoms with E-state index in [0.717, 1.165) is 32.5 Å². The summed E-state index contributed by atoms with van der Waals surface area (Å²) in [6, 6.07) is 6.23. The zero-order valence-electron chi connectivity index (χ0n) is 12.9. The number of likely N-dealkylation sites (tertiary alicyclic amines) is 1. The van der Waals surface area contributed by atoms with Gasteiger partial charge >= 0.3 is 0 Å². The van der Waals surface area contributed by atoms with E-state index in [0.29, 0.717) is 0 Å². The molecule has 1 N–H and O–H groups in total. The Bertz CT molecular complexity index is 464. The average molecular weight is 274 g/mol. The van der Waals surface area contributed by atoms with Gasteiger partial charge in [0.05, 0.1) is 6.04 Å². The van der Waals surface area contributed by atoms with Gasteiger partial charge in [0, 0.05) is 19.6 Å². The average Bonchev–Trinajstić information content (AvgIpc) is 2.48. The van der Waals surface area contributed by atoms with Crippen molar-refractivity contribution < 1.29 is 4.79 Å². The van der Waals surface area contributed by atoms with E-state index < -0.39 is 0 Å². The lowest BCUT2D eigenvalue weighted by molar-refractivity contribution is -0.133. The molecule has 0 radical (unpaired) electrons. The summed E-state index contributed by atoms with van der Waals surface area (Å²) < 4.78 is 0. The molecule has 1 heterocycles. The predicted molar refractivity (Wildman–Crippen MR) is 82.6 cm³/mol. The molecule has 110 valence electrons. The first-order valence-corrected chi connectivity index (χ1v) is 7.67. The van der Waals surface area contributed by atoms with E-state index in [4.69, 9.17) is 0 Å². The zero-order valence-corrected chi connectivity index (χ0v) is 12.9. The summed E-state index contributed by atoms with van der Waals surface area (Å²) in [4.78, 5) is 14.3. The molecule has 1 aromatic rings. The highest BCUT2D eigenvalue weighted by Crippen LogP contribution is 2.13. The van der Waals surface area contributed by atoms with Gasteiger partial charge in [-0.15, -0.1) is 0 Å². The quantitative estimate of drug-likeness (QED) is 0.915. The van der Waals surface area contributed by atoms with Gasteiger partial charge in [0.25, 0.3) is 0 Å². The number of aryl methyl sites for hydroxylation is 1. The molecule has 20 heavy (non-hydrogen) atoms. The number of piperidine rings is 1.